The number of amides is 1. The number of nitrogens with one attached hydrogen (secondary N) is 2. The number of rotatable bonds is 11. The van der Waals surface area contributed by atoms with Gasteiger partial charge in [-0.1, -0.05) is 0 Å². The van der Waals surface area contributed by atoms with Gasteiger partial charge in [-0.2, -0.15) is 0 Å². The fourth-order valence-corrected chi connectivity index (χ4v) is 3.57. The first-order valence-corrected chi connectivity index (χ1v) is 10.7. The topological polar surface area (TPSA) is 93.7 Å². The summed E-state index contributed by atoms with van der Waals surface area (Å²) < 4.78 is 51.0. The zero-order chi connectivity index (χ0) is 21.3. The Morgan fingerprint density at radius 1 is 1.14 bits per heavy atom. The molecule has 0 unspecified atom stereocenters. The van der Waals surface area contributed by atoms with Crippen molar-refractivity contribution in [1.82, 2.24) is 5.32 Å². The number of carbonyl (C=O) groups excluding carboxylic acids is 1. The number of hydrogen-bond donors (Lipinski definition) is 2. The van der Waals surface area contributed by atoms with E-state index < -0.39 is 15.8 Å². The van der Waals surface area contributed by atoms with Crippen LogP contribution in [0.4, 0.5) is 10.1 Å². The number of sulfonamides is 1. The smallest absolute Gasteiger partial charge is 0.261 e. The maximum atomic E-state index is 13.0. The molecule has 0 aliphatic rings. The molecule has 0 fully saturated rings. The van der Waals surface area contributed by atoms with Gasteiger partial charge in [0, 0.05) is 25.4 Å². The minimum Gasteiger partial charge on any atom is -0.484 e. The molecule has 0 atom stereocenters. The number of hydrogen-bond acceptors (Lipinski definition) is 5. The average molecular weight is 424 g/mol. The second-order valence-corrected chi connectivity index (χ2v) is 7.91. The first-order chi connectivity index (χ1) is 13.8. The van der Waals surface area contributed by atoms with Crippen LogP contribution in [0.15, 0.2) is 47.4 Å². The molecule has 2 rings (SSSR count). The molecule has 0 bridgehead atoms. The van der Waals surface area contributed by atoms with Gasteiger partial charge in [-0.3, -0.25) is 9.52 Å². The standard InChI is InChI=1S/C20H25FN2O5S/c1-3-27-12-4-11-22-20(24)14-28-19-10-9-18(13-15(19)2)29(25,26)23-17-7-5-16(21)6-8-17/h5-10,13,23H,3-4,11-12,14H2,1-2H3,(H,22,24). The van der Waals surface area contributed by atoms with Crippen LogP contribution >= 0.6 is 0 Å². The minimum absolute atomic E-state index is 0.0343. The van der Waals surface area contributed by atoms with Crippen LogP contribution in [-0.4, -0.2) is 40.7 Å². The lowest BCUT2D eigenvalue weighted by Crippen LogP contribution is -2.30. The minimum atomic E-state index is -3.84. The van der Waals surface area contributed by atoms with E-state index in [0.29, 0.717) is 37.5 Å². The molecule has 0 spiro atoms. The van der Waals surface area contributed by atoms with Gasteiger partial charge < -0.3 is 14.8 Å². The Labute approximate surface area is 170 Å². The van der Waals surface area contributed by atoms with E-state index in [0.717, 1.165) is 0 Å². The molecule has 29 heavy (non-hydrogen) atoms. The summed E-state index contributed by atoms with van der Waals surface area (Å²) >= 11 is 0. The molecular weight excluding hydrogens is 399 g/mol. The molecule has 0 aliphatic carbocycles. The van der Waals surface area contributed by atoms with Gasteiger partial charge in [0.2, 0.25) is 0 Å². The van der Waals surface area contributed by atoms with Crippen LogP contribution < -0.4 is 14.8 Å². The Kier molecular flexibility index (Phi) is 8.41. The molecule has 7 nitrogen and oxygen atoms in total. The van der Waals surface area contributed by atoms with Crippen LogP contribution in [0.2, 0.25) is 0 Å². The van der Waals surface area contributed by atoms with E-state index in [-0.39, 0.29) is 23.1 Å². The fourth-order valence-electron chi connectivity index (χ4n) is 2.42. The largest absolute Gasteiger partial charge is 0.484 e. The maximum absolute atomic E-state index is 13.0. The summed E-state index contributed by atoms with van der Waals surface area (Å²) in [4.78, 5) is 11.8. The monoisotopic (exact) mass is 424 g/mol. The van der Waals surface area contributed by atoms with E-state index in [1.54, 1.807) is 6.92 Å². The number of carbonyl (C=O) groups is 1. The summed E-state index contributed by atoms with van der Waals surface area (Å²) in [5, 5.41) is 2.72. The Balaban J connectivity index is 1.92. The van der Waals surface area contributed by atoms with Gasteiger partial charge in [-0.15, -0.1) is 0 Å². The molecule has 158 valence electrons. The van der Waals surface area contributed by atoms with E-state index in [9.17, 15) is 17.6 Å². The van der Waals surface area contributed by atoms with Crippen molar-refractivity contribution in [3.05, 3.63) is 53.8 Å². The molecule has 9 heteroatoms. The maximum Gasteiger partial charge on any atom is 0.261 e. The molecular formula is C20H25FN2O5S. The molecule has 0 saturated carbocycles. The lowest BCUT2D eigenvalue weighted by atomic mass is 10.2. The van der Waals surface area contributed by atoms with Gasteiger partial charge in [0.1, 0.15) is 11.6 Å². The number of benzene rings is 2. The van der Waals surface area contributed by atoms with Crippen molar-refractivity contribution in [1.29, 1.82) is 0 Å². The van der Waals surface area contributed by atoms with E-state index in [4.69, 9.17) is 9.47 Å². The number of ether oxygens (including phenoxy) is 2. The first-order valence-electron chi connectivity index (χ1n) is 9.18. The van der Waals surface area contributed by atoms with E-state index in [1.807, 2.05) is 6.92 Å². The van der Waals surface area contributed by atoms with Crippen LogP contribution in [0, 0.1) is 12.7 Å². The zero-order valence-corrected chi connectivity index (χ0v) is 17.2. The number of aryl methyl sites for hydroxylation is 1. The zero-order valence-electron chi connectivity index (χ0n) is 16.4. The van der Waals surface area contributed by atoms with Crippen molar-refractivity contribution >= 4 is 21.6 Å². The predicted octanol–water partition coefficient (Wildman–Crippen LogP) is 2.86. The predicted molar refractivity (Wildman–Crippen MR) is 108 cm³/mol. The highest BCUT2D eigenvalue weighted by molar-refractivity contribution is 7.92. The van der Waals surface area contributed by atoms with Crippen molar-refractivity contribution in [2.75, 3.05) is 31.1 Å². The Morgan fingerprint density at radius 2 is 1.86 bits per heavy atom. The molecule has 0 saturated heterocycles. The summed E-state index contributed by atoms with van der Waals surface area (Å²) in [6, 6.07) is 9.34. The molecule has 1 amide bonds. The molecule has 0 heterocycles. The Hall–Kier alpha value is -2.65. The van der Waals surface area contributed by atoms with Crippen LogP contribution in [-0.2, 0) is 19.6 Å². The van der Waals surface area contributed by atoms with E-state index in [1.165, 1.54) is 42.5 Å². The van der Waals surface area contributed by atoms with Crippen molar-refractivity contribution in [2.45, 2.75) is 25.2 Å². The van der Waals surface area contributed by atoms with Crippen LogP contribution in [0.25, 0.3) is 0 Å². The molecule has 2 aromatic rings. The van der Waals surface area contributed by atoms with Crippen LogP contribution in [0.5, 0.6) is 5.75 Å². The van der Waals surface area contributed by atoms with Gasteiger partial charge in [-0.25, -0.2) is 12.8 Å². The van der Waals surface area contributed by atoms with Gasteiger partial charge >= 0.3 is 0 Å². The van der Waals surface area contributed by atoms with Crippen molar-refractivity contribution in [3.8, 4) is 5.75 Å². The number of anilines is 1. The summed E-state index contributed by atoms with van der Waals surface area (Å²) in [5.74, 6) is -0.311. The summed E-state index contributed by atoms with van der Waals surface area (Å²) in [6.07, 6.45) is 0.715. The van der Waals surface area contributed by atoms with Crippen molar-refractivity contribution < 1.29 is 27.1 Å². The van der Waals surface area contributed by atoms with Gasteiger partial charge in [0.25, 0.3) is 15.9 Å². The lowest BCUT2D eigenvalue weighted by molar-refractivity contribution is -0.123. The van der Waals surface area contributed by atoms with Crippen LogP contribution in [0.3, 0.4) is 0 Å². The number of halogens is 1. The molecule has 2 aromatic carbocycles. The third kappa shape index (κ3) is 7.35. The summed E-state index contributed by atoms with van der Waals surface area (Å²) in [5.41, 5.74) is 0.821. The third-order valence-corrected chi connectivity index (χ3v) is 5.28. The van der Waals surface area contributed by atoms with Crippen molar-refractivity contribution in [3.63, 3.8) is 0 Å². The van der Waals surface area contributed by atoms with Crippen molar-refractivity contribution in [2.24, 2.45) is 0 Å². The van der Waals surface area contributed by atoms with E-state index in [2.05, 4.69) is 10.0 Å². The van der Waals surface area contributed by atoms with Gasteiger partial charge in [0.15, 0.2) is 6.61 Å². The highest BCUT2D eigenvalue weighted by Crippen LogP contribution is 2.23. The molecule has 0 radical (unpaired) electrons. The Morgan fingerprint density at radius 3 is 2.52 bits per heavy atom. The van der Waals surface area contributed by atoms with E-state index >= 15 is 0 Å². The average Bonchev–Trinajstić information content (AvgIpc) is 2.68. The lowest BCUT2D eigenvalue weighted by Gasteiger charge is -2.12. The highest BCUT2D eigenvalue weighted by atomic mass is 32.2. The second kappa shape index (κ2) is 10.8. The summed E-state index contributed by atoms with van der Waals surface area (Å²) in [7, 11) is -3.84. The Bertz CT molecular complexity index is 917. The first kappa shape index (κ1) is 22.6. The van der Waals surface area contributed by atoms with Crippen LogP contribution in [0.1, 0.15) is 18.9 Å². The molecule has 2 N–H and O–H groups in total. The molecule has 0 aromatic heterocycles. The van der Waals surface area contributed by atoms with Gasteiger partial charge in [0.05, 0.1) is 4.90 Å². The third-order valence-electron chi connectivity index (χ3n) is 3.90. The normalized spacial score (nSPS) is 11.1. The quantitative estimate of drug-likeness (QED) is 0.541. The second-order valence-electron chi connectivity index (χ2n) is 6.23. The fraction of sp³-hybridized carbons (Fsp3) is 0.350. The summed E-state index contributed by atoms with van der Waals surface area (Å²) in [6.45, 7) is 5.14. The highest BCUT2D eigenvalue weighted by Gasteiger charge is 2.16. The van der Waals surface area contributed by atoms with Gasteiger partial charge in [-0.05, 0) is 68.3 Å². The SMILES string of the molecule is CCOCCCNC(=O)COc1ccc(S(=O)(=O)Nc2ccc(F)cc2)cc1C. The molecule has 0 aliphatic heterocycles.